The Morgan fingerprint density at radius 2 is 2.50 bits per heavy atom. The fraction of sp³-hybridized carbons (Fsp3) is 0.429. The Labute approximate surface area is 51.7 Å². The van der Waals surface area contributed by atoms with Gasteiger partial charge >= 0.3 is 0 Å². The lowest BCUT2D eigenvalue weighted by Gasteiger charge is -1.92. The monoisotopic (exact) mass is 124 g/mol. The van der Waals surface area contributed by atoms with Crippen LogP contribution < -0.4 is 0 Å². The summed E-state index contributed by atoms with van der Waals surface area (Å²) in [6.45, 7) is 4.31. The fourth-order valence-electron chi connectivity index (χ4n) is 0.744. The maximum atomic E-state index is 3.16. The second kappa shape index (κ2) is 2.31. The van der Waals surface area contributed by atoms with E-state index < -0.39 is 0 Å². The van der Waals surface area contributed by atoms with Gasteiger partial charge < -0.3 is 0 Å². The van der Waals surface area contributed by atoms with E-state index in [0.717, 1.165) is 0 Å². The van der Waals surface area contributed by atoms with Crippen molar-refractivity contribution in [2.75, 3.05) is 0 Å². The molecule has 0 spiro atoms. The highest BCUT2D eigenvalue weighted by Gasteiger charge is 1.97. The fourth-order valence-corrected chi connectivity index (χ4v) is 1.60. The molecule has 1 heteroatoms. The minimum absolute atomic E-state index is 1.18. The van der Waals surface area contributed by atoms with Gasteiger partial charge in [-0.15, -0.1) is 5.73 Å². The van der Waals surface area contributed by atoms with E-state index in [4.69, 9.17) is 0 Å². The molecule has 0 saturated heterocycles. The van der Waals surface area contributed by atoms with Crippen LogP contribution in [0.5, 0.6) is 0 Å². The SMILES string of the molecule is CCC1=PC=C=C1C. The van der Waals surface area contributed by atoms with Gasteiger partial charge in [0.15, 0.2) is 0 Å². The first-order valence-corrected chi connectivity index (χ1v) is 3.79. The molecule has 0 fully saturated rings. The largest absolute Gasteiger partial charge is 0.112 e. The first-order chi connectivity index (χ1) is 3.84. The second-order valence-corrected chi connectivity index (χ2v) is 2.88. The summed E-state index contributed by atoms with van der Waals surface area (Å²) >= 11 is 0. The highest BCUT2D eigenvalue weighted by Crippen LogP contribution is 2.16. The third kappa shape index (κ3) is 0.916. The molecule has 1 aliphatic heterocycles. The van der Waals surface area contributed by atoms with E-state index in [1.165, 1.54) is 25.5 Å². The molecule has 0 aromatic rings. The van der Waals surface area contributed by atoms with Crippen LogP contribution in [-0.4, -0.2) is 5.29 Å². The zero-order valence-corrected chi connectivity index (χ0v) is 6.13. The van der Waals surface area contributed by atoms with Gasteiger partial charge in [-0.1, -0.05) is 15.1 Å². The summed E-state index contributed by atoms with van der Waals surface area (Å²) in [4.78, 5) is 0. The molecule has 0 saturated carbocycles. The predicted molar refractivity (Wildman–Crippen MR) is 39.5 cm³/mol. The van der Waals surface area contributed by atoms with Gasteiger partial charge in [-0.25, -0.2) is 0 Å². The lowest BCUT2D eigenvalue weighted by molar-refractivity contribution is 1.30. The Hall–Kier alpha value is -0.310. The summed E-state index contributed by atoms with van der Waals surface area (Å²) in [5.41, 5.74) is 4.50. The van der Waals surface area contributed by atoms with Gasteiger partial charge in [0, 0.05) is 5.82 Å². The average molecular weight is 124 g/mol. The van der Waals surface area contributed by atoms with Crippen molar-refractivity contribution in [1.82, 2.24) is 0 Å². The number of hydrogen-bond donors (Lipinski definition) is 0. The van der Waals surface area contributed by atoms with E-state index in [0.29, 0.717) is 0 Å². The van der Waals surface area contributed by atoms with Crippen molar-refractivity contribution in [3.05, 3.63) is 17.1 Å². The van der Waals surface area contributed by atoms with Gasteiger partial charge in [-0.2, -0.15) is 0 Å². The maximum absolute atomic E-state index is 3.16. The normalized spacial score (nSPS) is 18.2. The van der Waals surface area contributed by atoms with Gasteiger partial charge in [-0.05, 0) is 24.2 Å². The Balaban J connectivity index is 2.78. The van der Waals surface area contributed by atoms with Gasteiger partial charge in [0.05, 0.1) is 0 Å². The number of allylic oxidation sites excluding steroid dienone is 1. The molecular formula is C7H9P. The van der Waals surface area contributed by atoms with Crippen LogP contribution in [0.15, 0.2) is 17.1 Å². The Morgan fingerprint density at radius 3 is 2.75 bits per heavy atom. The molecule has 8 heavy (non-hydrogen) atoms. The first kappa shape index (κ1) is 5.82. The molecule has 0 atom stereocenters. The number of rotatable bonds is 1. The summed E-state index contributed by atoms with van der Waals surface area (Å²) in [6, 6.07) is 0. The van der Waals surface area contributed by atoms with Gasteiger partial charge in [-0.3, -0.25) is 0 Å². The summed E-state index contributed by atoms with van der Waals surface area (Å²) in [7, 11) is 1.36. The minimum atomic E-state index is 1.18. The van der Waals surface area contributed by atoms with Crippen LogP contribution in [0.4, 0.5) is 0 Å². The van der Waals surface area contributed by atoms with Crippen LogP contribution in [0.2, 0.25) is 0 Å². The van der Waals surface area contributed by atoms with E-state index >= 15 is 0 Å². The Morgan fingerprint density at radius 1 is 1.75 bits per heavy atom. The molecule has 0 nitrogen and oxygen atoms in total. The van der Waals surface area contributed by atoms with E-state index in [2.05, 4.69) is 25.4 Å². The zero-order chi connectivity index (χ0) is 5.98. The van der Waals surface area contributed by atoms with Crippen molar-refractivity contribution in [3.8, 4) is 0 Å². The van der Waals surface area contributed by atoms with Gasteiger partial charge in [0.25, 0.3) is 0 Å². The van der Waals surface area contributed by atoms with E-state index in [1.54, 1.807) is 0 Å². The van der Waals surface area contributed by atoms with Crippen LogP contribution in [0.3, 0.4) is 0 Å². The minimum Gasteiger partial charge on any atom is -0.112 e. The highest BCUT2D eigenvalue weighted by atomic mass is 31.1. The van der Waals surface area contributed by atoms with Crippen LogP contribution in [0, 0.1) is 0 Å². The second-order valence-electron chi connectivity index (χ2n) is 1.83. The molecule has 1 rings (SSSR count). The summed E-state index contributed by atoms with van der Waals surface area (Å²) in [5.74, 6) is 2.08. The first-order valence-electron chi connectivity index (χ1n) is 2.83. The van der Waals surface area contributed by atoms with Crippen LogP contribution >= 0.6 is 8.20 Å². The molecule has 0 bridgehead atoms. The lowest BCUT2D eigenvalue weighted by atomic mass is 10.2. The molecule has 0 N–H and O–H groups in total. The van der Waals surface area contributed by atoms with Crippen molar-refractivity contribution in [3.63, 3.8) is 0 Å². The van der Waals surface area contributed by atoms with E-state index in [1.807, 2.05) is 0 Å². The Kier molecular flexibility index (Phi) is 1.68. The standard InChI is InChI=1S/C7H9P/c1-3-7-6(2)4-5-8-7/h5H,3H2,1-2H3. The Bertz CT molecular complexity index is 181. The molecule has 1 aliphatic rings. The highest BCUT2D eigenvalue weighted by molar-refractivity contribution is 7.45. The molecule has 42 valence electrons. The van der Waals surface area contributed by atoms with Crippen molar-refractivity contribution >= 4 is 13.5 Å². The van der Waals surface area contributed by atoms with Gasteiger partial charge in [0.2, 0.25) is 0 Å². The van der Waals surface area contributed by atoms with Crippen molar-refractivity contribution < 1.29 is 0 Å². The molecule has 0 aromatic carbocycles. The molecule has 0 aromatic heterocycles. The molecule has 0 unspecified atom stereocenters. The zero-order valence-electron chi connectivity index (χ0n) is 5.23. The molecule has 0 amide bonds. The van der Waals surface area contributed by atoms with Gasteiger partial charge in [0.1, 0.15) is 0 Å². The number of hydrogen-bond acceptors (Lipinski definition) is 0. The summed E-state index contributed by atoms with van der Waals surface area (Å²) in [5, 5.41) is 1.52. The molecule has 0 aliphatic carbocycles. The van der Waals surface area contributed by atoms with E-state index in [-0.39, 0.29) is 0 Å². The van der Waals surface area contributed by atoms with Crippen molar-refractivity contribution in [2.45, 2.75) is 20.3 Å². The third-order valence-corrected chi connectivity index (χ3v) is 2.49. The smallest absolute Gasteiger partial charge is 0.00804 e. The summed E-state index contributed by atoms with van der Waals surface area (Å²) < 4.78 is 0. The van der Waals surface area contributed by atoms with Crippen LogP contribution in [0.25, 0.3) is 0 Å². The maximum Gasteiger partial charge on any atom is 0.00804 e. The quantitative estimate of drug-likeness (QED) is 0.372. The molecule has 0 radical (unpaired) electrons. The summed E-state index contributed by atoms with van der Waals surface area (Å²) in [6.07, 6.45) is 1.18. The molecule has 1 heterocycles. The van der Waals surface area contributed by atoms with E-state index in [9.17, 15) is 0 Å². The lowest BCUT2D eigenvalue weighted by Crippen LogP contribution is -1.88. The van der Waals surface area contributed by atoms with Crippen molar-refractivity contribution in [2.24, 2.45) is 0 Å². The topological polar surface area (TPSA) is 0 Å². The third-order valence-electron chi connectivity index (χ3n) is 1.27. The van der Waals surface area contributed by atoms with Crippen LogP contribution in [0.1, 0.15) is 20.3 Å². The molecular weight excluding hydrogens is 115 g/mol. The van der Waals surface area contributed by atoms with Crippen LogP contribution in [-0.2, 0) is 0 Å². The predicted octanol–water partition coefficient (Wildman–Crippen LogP) is 2.59. The van der Waals surface area contributed by atoms with Crippen molar-refractivity contribution in [1.29, 1.82) is 0 Å². The average Bonchev–Trinajstić information content (AvgIpc) is 2.14.